The zero-order chi connectivity index (χ0) is 26.5. The molecule has 4 atom stereocenters. The zero-order valence-electron chi connectivity index (χ0n) is 20.9. The standard InChI is InChI=1S/C26H33N3O6S/c1-18-15-29(19(2)17-30)36(33,34)25-13-12-21(11-10-20(3)31)14-23(25)35-24(18)16-28(4)26(32)27-22-8-6-5-7-9-22/h5-9,12-14,18-20,24,30-31H,15-17H2,1-4H3,(H,27,32)/t18-,19+,20+,24+/m0/s1. The molecule has 0 saturated carbocycles. The smallest absolute Gasteiger partial charge is 0.321 e. The second-order valence-corrected chi connectivity index (χ2v) is 10.9. The van der Waals surface area contributed by atoms with E-state index in [2.05, 4.69) is 17.2 Å². The van der Waals surface area contributed by atoms with Crippen molar-refractivity contribution in [2.75, 3.05) is 32.1 Å². The number of nitrogens with zero attached hydrogens (tertiary/aromatic N) is 2. The van der Waals surface area contributed by atoms with Crippen LogP contribution < -0.4 is 10.1 Å². The van der Waals surface area contributed by atoms with Gasteiger partial charge in [0.2, 0.25) is 10.0 Å². The predicted molar refractivity (Wildman–Crippen MR) is 137 cm³/mol. The van der Waals surface area contributed by atoms with Crippen LogP contribution in [-0.4, -0.2) is 78.9 Å². The molecule has 0 bridgehead atoms. The molecule has 194 valence electrons. The number of hydrogen-bond donors (Lipinski definition) is 3. The molecule has 36 heavy (non-hydrogen) atoms. The summed E-state index contributed by atoms with van der Waals surface area (Å²) < 4.78 is 34.6. The predicted octanol–water partition coefficient (Wildman–Crippen LogP) is 2.35. The molecule has 10 heteroatoms. The second kappa shape index (κ2) is 11.8. The molecule has 3 N–H and O–H groups in total. The number of fused-ring (bicyclic) bond motifs is 1. The van der Waals surface area contributed by atoms with E-state index in [-0.39, 0.29) is 42.3 Å². The molecule has 9 nitrogen and oxygen atoms in total. The molecular weight excluding hydrogens is 482 g/mol. The molecule has 0 spiro atoms. The molecule has 3 rings (SSSR count). The van der Waals surface area contributed by atoms with Crippen LogP contribution in [0.4, 0.5) is 10.5 Å². The fourth-order valence-corrected chi connectivity index (χ4v) is 5.63. The Labute approximate surface area is 212 Å². The number of urea groups is 1. The van der Waals surface area contributed by atoms with E-state index in [9.17, 15) is 23.4 Å². The molecule has 0 radical (unpaired) electrons. The average molecular weight is 516 g/mol. The van der Waals surface area contributed by atoms with Gasteiger partial charge in [-0.2, -0.15) is 4.31 Å². The Morgan fingerprint density at radius 1 is 1.25 bits per heavy atom. The number of ether oxygens (including phenoxy) is 1. The van der Waals surface area contributed by atoms with E-state index >= 15 is 0 Å². The summed E-state index contributed by atoms with van der Waals surface area (Å²) >= 11 is 0. The Hall–Kier alpha value is -3.10. The Morgan fingerprint density at radius 3 is 2.58 bits per heavy atom. The fraction of sp³-hybridized carbons (Fsp3) is 0.423. The molecule has 2 aromatic carbocycles. The number of amides is 2. The Kier molecular flexibility index (Phi) is 8.98. The molecule has 0 unspecified atom stereocenters. The number of aliphatic hydroxyl groups excluding tert-OH is 2. The van der Waals surface area contributed by atoms with Gasteiger partial charge in [0.15, 0.2) is 0 Å². The lowest BCUT2D eigenvalue weighted by Crippen LogP contribution is -2.50. The van der Waals surface area contributed by atoms with Gasteiger partial charge in [0.25, 0.3) is 0 Å². The van der Waals surface area contributed by atoms with Gasteiger partial charge in [0, 0.05) is 36.8 Å². The van der Waals surface area contributed by atoms with Crippen LogP contribution in [0.2, 0.25) is 0 Å². The number of nitrogens with one attached hydrogen (secondary N) is 1. The van der Waals surface area contributed by atoms with E-state index in [4.69, 9.17) is 4.74 Å². The highest BCUT2D eigenvalue weighted by Crippen LogP contribution is 2.34. The SMILES string of the molecule is C[C@H](CO)N1C[C@H](C)[C@@H](CN(C)C(=O)Nc2ccccc2)Oc2cc(C#C[C@@H](C)O)ccc2S1(=O)=O. The third kappa shape index (κ3) is 6.56. The highest BCUT2D eigenvalue weighted by molar-refractivity contribution is 7.89. The van der Waals surface area contributed by atoms with Crippen molar-refractivity contribution in [3.8, 4) is 17.6 Å². The monoisotopic (exact) mass is 515 g/mol. The number of likely N-dealkylation sites (N-methyl/N-ethyl adjacent to an activating group) is 1. The minimum atomic E-state index is -3.99. The summed E-state index contributed by atoms with van der Waals surface area (Å²) in [4.78, 5) is 14.2. The molecular formula is C26H33N3O6S. The van der Waals surface area contributed by atoms with Crippen LogP contribution in [0.25, 0.3) is 0 Å². The van der Waals surface area contributed by atoms with E-state index < -0.39 is 28.3 Å². The van der Waals surface area contributed by atoms with Crippen LogP contribution in [0.1, 0.15) is 26.3 Å². The first kappa shape index (κ1) is 27.5. The van der Waals surface area contributed by atoms with Gasteiger partial charge in [-0.1, -0.05) is 37.0 Å². The van der Waals surface area contributed by atoms with Crippen LogP contribution in [-0.2, 0) is 10.0 Å². The van der Waals surface area contributed by atoms with Crippen molar-refractivity contribution in [2.45, 2.75) is 43.9 Å². The Balaban J connectivity index is 1.96. The maximum Gasteiger partial charge on any atom is 0.321 e. The first-order valence-electron chi connectivity index (χ1n) is 11.7. The van der Waals surface area contributed by atoms with E-state index in [1.54, 1.807) is 32.2 Å². The molecule has 2 aromatic rings. The van der Waals surface area contributed by atoms with Crippen molar-refractivity contribution in [1.29, 1.82) is 0 Å². The molecule has 0 saturated heterocycles. The van der Waals surface area contributed by atoms with Crippen molar-refractivity contribution in [1.82, 2.24) is 9.21 Å². The van der Waals surface area contributed by atoms with Crippen molar-refractivity contribution in [3.05, 3.63) is 54.1 Å². The average Bonchev–Trinajstić information content (AvgIpc) is 2.84. The van der Waals surface area contributed by atoms with Gasteiger partial charge in [0.05, 0.1) is 13.2 Å². The summed E-state index contributed by atoms with van der Waals surface area (Å²) in [6, 6.07) is 12.6. The van der Waals surface area contributed by atoms with E-state index in [1.165, 1.54) is 28.3 Å². The molecule has 1 aliphatic rings. The van der Waals surface area contributed by atoms with Gasteiger partial charge in [-0.15, -0.1) is 0 Å². The molecule has 0 aliphatic carbocycles. The lowest BCUT2D eigenvalue weighted by molar-refractivity contribution is 0.0830. The fourth-order valence-electron chi connectivity index (χ4n) is 3.80. The molecule has 1 heterocycles. The largest absolute Gasteiger partial charge is 0.487 e. The topological polar surface area (TPSA) is 119 Å². The van der Waals surface area contributed by atoms with E-state index in [0.717, 1.165) is 0 Å². The Morgan fingerprint density at radius 2 is 1.94 bits per heavy atom. The molecule has 1 aliphatic heterocycles. The Bertz CT molecular complexity index is 1220. The minimum absolute atomic E-state index is 0.0429. The van der Waals surface area contributed by atoms with Gasteiger partial charge in [0.1, 0.15) is 22.9 Å². The lowest BCUT2D eigenvalue weighted by Gasteiger charge is -2.37. The van der Waals surface area contributed by atoms with Gasteiger partial charge >= 0.3 is 6.03 Å². The normalized spacial score (nSPS) is 20.8. The summed E-state index contributed by atoms with van der Waals surface area (Å²) in [6.45, 7) is 4.97. The van der Waals surface area contributed by atoms with Crippen LogP contribution >= 0.6 is 0 Å². The van der Waals surface area contributed by atoms with Crippen LogP contribution in [0.5, 0.6) is 5.75 Å². The maximum atomic E-state index is 13.5. The van der Waals surface area contributed by atoms with Crippen molar-refractivity contribution in [3.63, 3.8) is 0 Å². The summed E-state index contributed by atoms with van der Waals surface area (Å²) in [5.74, 6) is 5.24. The first-order valence-corrected chi connectivity index (χ1v) is 13.2. The third-order valence-corrected chi connectivity index (χ3v) is 7.94. The van der Waals surface area contributed by atoms with Crippen LogP contribution in [0, 0.1) is 17.8 Å². The van der Waals surface area contributed by atoms with Crippen LogP contribution in [0.3, 0.4) is 0 Å². The summed E-state index contributed by atoms with van der Waals surface area (Å²) in [5.41, 5.74) is 1.13. The van der Waals surface area contributed by atoms with Crippen molar-refractivity contribution in [2.24, 2.45) is 5.92 Å². The summed E-state index contributed by atoms with van der Waals surface area (Å²) in [6.07, 6.45) is -1.40. The van der Waals surface area contributed by atoms with Gasteiger partial charge < -0.3 is 25.2 Å². The number of hydrogen-bond acceptors (Lipinski definition) is 6. The maximum absolute atomic E-state index is 13.5. The highest BCUT2D eigenvalue weighted by atomic mass is 32.2. The number of anilines is 1. The summed E-state index contributed by atoms with van der Waals surface area (Å²) in [7, 11) is -2.34. The summed E-state index contributed by atoms with van der Waals surface area (Å²) in [5, 5.41) is 22.1. The van der Waals surface area contributed by atoms with Gasteiger partial charge in [-0.3, -0.25) is 0 Å². The lowest BCUT2D eigenvalue weighted by atomic mass is 10.0. The van der Waals surface area contributed by atoms with Crippen molar-refractivity contribution < 1.29 is 28.2 Å². The third-order valence-electron chi connectivity index (χ3n) is 5.92. The van der Waals surface area contributed by atoms with Crippen LogP contribution in [0.15, 0.2) is 53.4 Å². The van der Waals surface area contributed by atoms with Gasteiger partial charge in [-0.05, 0) is 44.2 Å². The minimum Gasteiger partial charge on any atom is -0.487 e. The number of para-hydroxylation sites is 1. The van der Waals surface area contributed by atoms with Gasteiger partial charge in [-0.25, -0.2) is 13.2 Å². The zero-order valence-corrected chi connectivity index (χ0v) is 21.7. The number of carbonyl (C=O) groups is 1. The molecule has 2 amide bonds. The second-order valence-electron chi connectivity index (χ2n) is 9.02. The number of carbonyl (C=O) groups excluding carboxylic acids is 1. The number of benzene rings is 2. The number of rotatable bonds is 5. The van der Waals surface area contributed by atoms with E-state index in [0.29, 0.717) is 11.3 Å². The number of sulfonamides is 1. The highest BCUT2D eigenvalue weighted by Gasteiger charge is 2.38. The van der Waals surface area contributed by atoms with E-state index in [1.807, 2.05) is 25.1 Å². The number of aliphatic hydroxyl groups is 2. The first-order chi connectivity index (χ1) is 17.0. The van der Waals surface area contributed by atoms with Crippen molar-refractivity contribution >= 4 is 21.7 Å². The molecule has 0 fully saturated rings. The quantitative estimate of drug-likeness (QED) is 0.526. The molecule has 0 aromatic heterocycles.